The second-order valence-electron chi connectivity index (χ2n) is 5.07. The number of hydrogen-bond donors (Lipinski definition) is 3. The molecule has 0 aromatic heterocycles. The fourth-order valence-corrected chi connectivity index (χ4v) is 2.49. The molecule has 5 nitrogen and oxygen atoms in total. The maximum atomic E-state index is 12.2. The number of hydrogen-bond acceptors (Lipinski definition) is 4. The third-order valence-corrected chi connectivity index (χ3v) is 3.55. The highest BCUT2D eigenvalue weighted by atomic mass is 16.5. The Kier molecular flexibility index (Phi) is 5.52. The number of nitrogens with one attached hydrogen (secondary N) is 2. The fraction of sp³-hybridized carbons (Fsp3) is 0.533. The van der Waals surface area contributed by atoms with Gasteiger partial charge in [-0.05, 0) is 17.5 Å². The van der Waals surface area contributed by atoms with Crippen LogP contribution in [0.1, 0.15) is 23.5 Å². The van der Waals surface area contributed by atoms with Gasteiger partial charge in [-0.3, -0.25) is 4.79 Å². The molecule has 1 aliphatic heterocycles. The van der Waals surface area contributed by atoms with Gasteiger partial charge in [-0.25, -0.2) is 0 Å². The molecule has 1 aromatic carbocycles. The highest BCUT2D eigenvalue weighted by Crippen LogP contribution is 2.23. The van der Waals surface area contributed by atoms with Crippen molar-refractivity contribution in [2.24, 2.45) is 0 Å². The highest BCUT2D eigenvalue weighted by molar-refractivity contribution is 5.84. The molecule has 0 saturated heterocycles. The molecule has 0 fully saturated rings. The van der Waals surface area contributed by atoms with E-state index in [9.17, 15) is 9.90 Å². The molecule has 0 saturated carbocycles. The lowest BCUT2D eigenvalue weighted by Crippen LogP contribution is -2.39. The van der Waals surface area contributed by atoms with Crippen LogP contribution in [0.15, 0.2) is 24.3 Å². The van der Waals surface area contributed by atoms with E-state index in [0.717, 1.165) is 12.1 Å². The molecule has 0 spiro atoms. The first-order chi connectivity index (χ1) is 9.72. The number of carbonyl (C=O) groups is 1. The van der Waals surface area contributed by atoms with Crippen LogP contribution in [0.4, 0.5) is 0 Å². The van der Waals surface area contributed by atoms with Gasteiger partial charge in [0.25, 0.3) is 0 Å². The molecule has 1 amide bonds. The Morgan fingerprint density at radius 2 is 2.35 bits per heavy atom. The number of rotatable bonds is 6. The van der Waals surface area contributed by atoms with E-state index in [1.54, 1.807) is 7.11 Å². The van der Waals surface area contributed by atoms with E-state index >= 15 is 0 Å². The second kappa shape index (κ2) is 7.38. The summed E-state index contributed by atoms with van der Waals surface area (Å²) in [6.07, 6.45) is -0.0291. The molecule has 0 radical (unpaired) electrons. The van der Waals surface area contributed by atoms with Gasteiger partial charge in [0.2, 0.25) is 5.91 Å². The number of ether oxygens (including phenoxy) is 1. The molecule has 0 aliphatic carbocycles. The molecule has 2 unspecified atom stereocenters. The van der Waals surface area contributed by atoms with Gasteiger partial charge >= 0.3 is 0 Å². The van der Waals surface area contributed by atoms with E-state index in [0.29, 0.717) is 26.1 Å². The van der Waals surface area contributed by atoms with Crippen molar-refractivity contribution in [3.63, 3.8) is 0 Å². The standard InChI is InChI=1S/C15H22N2O3/c1-20-10-12(18)6-7-17-15(19)14-9-16-8-11-4-2-3-5-13(11)14/h2-5,12,14,16,18H,6-10H2,1H3,(H,17,19). The van der Waals surface area contributed by atoms with Crippen LogP contribution in [-0.4, -0.2) is 43.9 Å². The second-order valence-corrected chi connectivity index (χ2v) is 5.07. The quantitative estimate of drug-likeness (QED) is 0.704. The van der Waals surface area contributed by atoms with Gasteiger partial charge in [-0.1, -0.05) is 24.3 Å². The van der Waals surface area contributed by atoms with E-state index < -0.39 is 6.10 Å². The van der Waals surface area contributed by atoms with Crippen molar-refractivity contribution in [1.82, 2.24) is 10.6 Å². The number of methoxy groups -OCH3 is 1. The van der Waals surface area contributed by atoms with E-state index in [-0.39, 0.29) is 11.8 Å². The van der Waals surface area contributed by atoms with Crippen molar-refractivity contribution < 1.29 is 14.6 Å². The van der Waals surface area contributed by atoms with Gasteiger partial charge in [0, 0.05) is 26.7 Å². The smallest absolute Gasteiger partial charge is 0.228 e. The Balaban J connectivity index is 1.87. The first-order valence-corrected chi connectivity index (χ1v) is 6.95. The molecule has 1 heterocycles. The fourth-order valence-electron chi connectivity index (χ4n) is 2.49. The zero-order valence-corrected chi connectivity index (χ0v) is 11.8. The Morgan fingerprint density at radius 3 is 3.15 bits per heavy atom. The Bertz CT molecular complexity index is 450. The monoisotopic (exact) mass is 278 g/mol. The Hall–Kier alpha value is -1.43. The summed E-state index contributed by atoms with van der Waals surface area (Å²) in [6.45, 7) is 2.22. The summed E-state index contributed by atoms with van der Waals surface area (Å²) in [4.78, 5) is 12.2. The van der Waals surface area contributed by atoms with Crippen LogP contribution < -0.4 is 10.6 Å². The van der Waals surface area contributed by atoms with Gasteiger partial charge in [-0.2, -0.15) is 0 Å². The van der Waals surface area contributed by atoms with Crippen LogP contribution in [0, 0.1) is 0 Å². The number of benzene rings is 1. The SMILES string of the molecule is COCC(O)CCNC(=O)C1CNCc2ccccc21. The Labute approximate surface area is 119 Å². The number of aliphatic hydroxyl groups excluding tert-OH is 1. The van der Waals surface area contributed by atoms with Crippen LogP contribution >= 0.6 is 0 Å². The van der Waals surface area contributed by atoms with Gasteiger partial charge in [0.05, 0.1) is 18.6 Å². The van der Waals surface area contributed by atoms with Gasteiger partial charge in [0.15, 0.2) is 0 Å². The zero-order valence-electron chi connectivity index (χ0n) is 11.8. The third-order valence-electron chi connectivity index (χ3n) is 3.55. The van der Waals surface area contributed by atoms with E-state index in [4.69, 9.17) is 4.74 Å². The third kappa shape index (κ3) is 3.79. The number of aliphatic hydroxyl groups is 1. The molecule has 110 valence electrons. The molecule has 20 heavy (non-hydrogen) atoms. The first-order valence-electron chi connectivity index (χ1n) is 6.95. The summed E-state index contributed by atoms with van der Waals surface area (Å²) >= 11 is 0. The maximum absolute atomic E-state index is 12.2. The van der Waals surface area contributed by atoms with Crippen molar-refractivity contribution in [2.45, 2.75) is 25.0 Å². The van der Waals surface area contributed by atoms with E-state index in [1.807, 2.05) is 24.3 Å². The predicted molar refractivity (Wildman–Crippen MR) is 76.4 cm³/mol. The van der Waals surface area contributed by atoms with Crippen LogP contribution in [0.25, 0.3) is 0 Å². The average Bonchev–Trinajstić information content (AvgIpc) is 2.47. The molecule has 1 aromatic rings. The Morgan fingerprint density at radius 1 is 1.55 bits per heavy atom. The van der Waals surface area contributed by atoms with Crippen molar-refractivity contribution >= 4 is 5.91 Å². The maximum Gasteiger partial charge on any atom is 0.228 e. The molecule has 0 bridgehead atoms. The summed E-state index contributed by atoms with van der Waals surface area (Å²) in [5, 5.41) is 15.7. The summed E-state index contributed by atoms with van der Waals surface area (Å²) in [5.74, 6) is -0.145. The van der Waals surface area contributed by atoms with Crippen molar-refractivity contribution in [3.8, 4) is 0 Å². The highest BCUT2D eigenvalue weighted by Gasteiger charge is 2.25. The topological polar surface area (TPSA) is 70.6 Å². The number of carbonyl (C=O) groups excluding carboxylic acids is 1. The normalized spacial score (nSPS) is 19.2. The van der Waals surface area contributed by atoms with Gasteiger partial charge in [0.1, 0.15) is 0 Å². The van der Waals surface area contributed by atoms with Crippen molar-refractivity contribution in [3.05, 3.63) is 35.4 Å². The lowest BCUT2D eigenvalue weighted by molar-refractivity contribution is -0.122. The zero-order chi connectivity index (χ0) is 14.4. The summed E-state index contributed by atoms with van der Waals surface area (Å²) in [5.41, 5.74) is 2.28. The summed E-state index contributed by atoms with van der Waals surface area (Å²) in [6, 6.07) is 8.01. The van der Waals surface area contributed by atoms with Crippen LogP contribution in [0.3, 0.4) is 0 Å². The molecule has 2 atom stereocenters. The van der Waals surface area contributed by atoms with Crippen LogP contribution in [-0.2, 0) is 16.1 Å². The van der Waals surface area contributed by atoms with Crippen molar-refractivity contribution in [1.29, 1.82) is 0 Å². The number of fused-ring (bicyclic) bond motifs is 1. The minimum absolute atomic E-state index is 0.00858. The minimum atomic E-state index is -0.530. The molecular weight excluding hydrogens is 256 g/mol. The van der Waals surface area contributed by atoms with Gasteiger partial charge in [-0.15, -0.1) is 0 Å². The molecular formula is C15H22N2O3. The van der Waals surface area contributed by atoms with Crippen molar-refractivity contribution in [2.75, 3.05) is 26.8 Å². The molecule has 2 rings (SSSR count). The number of amides is 1. The summed E-state index contributed by atoms with van der Waals surface area (Å²) < 4.78 is 4.85. The minimum Gasteiger partial charge on any atom is -0.391 e. The first kappa shape index (κ1) is 15.0. The molecule has 3 N–H and O–H groups in total. The average molecular weight is 278 g/mol. The lowest BCUT2D eigenvalue weighted by atomic mass is 9.90. The van der Waals surface area contributed by atoms with E-state index in [1.165, 1.54) is 5.56 Å². The lowest BCUT2D eigenvalue weighted by Gasteiger charge is -2.25. The van der Waals surface area contributed by atoms with Crippen LogP contribution in [0.2, 0.25) is 0 Å². The molecule has 5 heteroatoms. The van der Waals surface area contributed by atoms with Crippen LogP contribution in [0.5, 0.6) is 0 Å². The van der Waals surface area contributed by atoms with Gasteiger partial charge < -0.3 is 20.5 Å². The summed E-state index contributed by atoms with van der Waals surface area (Å²) in [7, 11) is 1.55. The van der Waals surface area contributed by atoms with E-state index in [2.05, 4.69) is 10.6 Å². The largest absolute Gasteiger partial charge is 0.391 e. The predicted octanol–water partition coefficient (Wildman–Crippen LogP) is 0.387. The molecule has 1 aliphatic rings.